The van der Waals surface area contributed by atoms with Crippen molar-refractivity contribution in [2.45, 2.75) is 24.9 Å². The molecule has 0 aromatic heterocycles. The zero-order chi connectivity index (χ0) is 17.8. The van der Waals surface area contributed by atoms with Crippen LogP contribution in [0.4, 0.5) is 10.1 Å². The fourth-order valence-electron chi connectivity index (χ4n) is 4.01. The summed E-state index contributed by atoms with van der Waals surface area (Å²) in [5, 5.41) is 3.45. The molecule has 0 aliphatic carbocycles. The molecule has 2 aromatic rings. The zero-order valence-electron chi connectivity index (χ0n) is 14.0. The maximum absolute atomic E-state index is 14.2. The van der Waals surface area contributed by atoms with Crippen LogP contribution in [-0.4, -0.2) is 18.1 Å². The first kappa shape index (κ1) is 16.2. The summed E-state index contributed by atoms with van der Waals surface area (Å²) in [5.74, 6) is -0.434. The molecule has 5 heteroatoms. The highest BCUT2D eigenvalue weighted by Gasteiger charge is 2.59. The van der Waals surface area contributed by atoms with Crippen LogP contribution < -0.4 is 10.2 Å². The van der Waals surface area contributed by atoms with Crippen LogP contribution >= 0.6 is 11.6 Å². The number of anilines is 1. The molecule has 128 valence electrons. The third-order valence-corrected chi connectivity index (χ3v) is 5.70. The smallest absolute Gasteiger partial charge is 0.241 e. The van der Waals surface area contributed by atoms with E-state index in [1.807, 2.05) is 24.3 Å². The van der Waals surface area contributed by atoms with Crippen molar-refractivity contribution in [2.75, 3.05) is 11.4 Å². The molecule has 0 radical (unpaired) electrons. The second-order valence-corrected chi connectivity index (χ2v) is 7.42. The molecular formula is C20H18ClFN2O. The Morgan fingerprint density at radius 1 is 1.20 bits per heavy atom. The second-order valence-electron chi connectivity index (χ2n) is 7.01. The number of nitrogens with one attached hydrogen (secondary N) is 1. The molecule has 1 atom stereocenters. The normalized spacial score (nSPS) is 23.7. The molecule has 25 heavy (non-hydrogen) atoms. The molecule has 2 aliphatic rings. The van der Waals surface area contributed by atoms with Gasteiger partial charge < -0.3 is 10.2 Å². The van der Waals surface area contributed by atoms with E-state index < -0.39 is 5.66 Å². The molecule has 1 unspecified atom stereocenters. The number of hydrogen-bond donors (Lipinski definition) is 1. The predicted octanol–water partition coefficient (Wildman–Crippen LogP) is 4.12. The van der Waals surface area contributed by atoms with Gasteiger partial charge in [-0.3, -0.25) is 4.79 Å². The van der Waals surface area contributed by atoms with E-state index in [0.717, 1.165) is 11.3 Å². The molecule has 2 aliphatic heterocycles. The fourth-order valence-corrected chi connectivity index (χ4v) is 4.24. The third kappa shape index (κ3) is 2.13. The fraction of sp³-hybridized carbons (Fsp3) is 0.250. The molecule has 1 amide bonds. The second kappa shape index (κ2) is 5.33. The Bertz CT molecular complexity index is 888. The average molecular weight is 357 g/mol. The lowest BCUT2D eigenvalue weighted by atomic mass is 9.75. The number of halogens is 2. The van der Waals surface area contributed by atoms with E-state index in [1.54, 1.807) is 18.2 Å². The summed E-state index contributed by atoms with van der Waals surface area (Å²) in [6.45, 7) is 4.45. The van der Waals surface area contributed by atoms with Crippen LogP contribution in [0.1, 0.15) is 25.0 Å². The Morgan fingerprint density at radius 3 is 2.72 bits per heavy atom. The van der Waals surface area contributed by atoms with Crippen molar-refractivity contribution in [2.24, 2.45) is 0 Å². The van der Waals surface area contributed by atoms with Gasteiger partial charge in [0, 0.05) is 16.7 Å². The molecule has 2 aromatic carbocycles. The van der Waals surface area contributed by atoms with Crippen LogP contribution in [0.2, 0.25) is 5.02 Å². The van der Waals surface area contributed by atoms with Gasteiger partial charge in [-0.15, -0.1) is 0 Å². The Kier molecular flexibility index (Phi) is 3.45. The lowest BCUT2D eigenvalue weighted by Crippen LogP contribution is -2.58. The molecule has 4 rings (SSSR count). The molecule has 1 fully saturated rings. The van der Waals surface area contributed by atoms with Crippen LogP contribution in [0.15, 0.2) is 48.5 Å². The average Bonchev–Trinajstić information content (AvgIpc) is 2.99. The molecule has 1 saturated heterocycles. The molecule has 0 bridgehead atoms. The number of hydrogen-bond acceptors (Lipinski definition) is 2. The molecular weight excluding hydrogens is 339 g/mol. The van der Waals surface area contributed by atoms with Crippen LogP contribution in [0, 0.1) is 5.82 Å². The molecule has 0 spiro atoms. The van der Waals surface area contributed by atoms with E-state index in [-0.39, 0.29) is 23.7 Å². The van der Waals surface area contributed by atoms with E-state index in [0.29, 0.717) is 10.6 Å². The van der Waals surface area contributed by atoms with Crippen molar-refractivity contribution < 1.29 is 9.18 Å². The minimum Gasteiger partial charge on any atom is -0.335 e. The Labute approximate surface area is 151 Å². The number of nitrogens with zero attached hydrogens (tertiary/aromatic N) is 1. The summed E-state index contributed by atoms with van der Waals surface area (Å²) in [4.78, 5) is 14.3. The van der Waals surface area contributed by atoms with Crippen molar-refractivity contribution in [3.63, 3.8) is 0 Å². The van der Waals surface area contributed by atoms with Crippen molar-refractivity contribution in [1.29, 1.82) is 0 Å². The van der Waals surface area contributed by atoms with Gasteiger partial charge in [0.15, 0.2) is 0 Å². The van der Waals surface area contributed by atoms with E-state index in [2.05, 4.69) is 30.1 Å². The van der Waals surface area contributed by atoms with Gasteiger partial charge in [-0.25, -0.2) is 4.39 Å². The minimum atomic E-state index is -0.751. The van der Waals surface area contributed by atoms with Crippen LogP contribution in [-0.2, 0) is 10.2 Å². The van der Waals surface area contributed by atoms with Gasteiger partial charge in [0.05, 0.1) is 11.6 Å². The Morgan fingerprint density at radius 2 is 1.96 bits per heavy atom. The van der Waals surface area contributed by atoms with Gasteiger partial charge in [-0.1, -0.05) is 55.8 Å². The van der Waals surface area contributed by atoms with Crippen molar-refractivity contribution >= 4 is 29.3 Å². The van der Waals surface area contributed by atoms with Gasteiger partial charge in [-0.2, -0.15) is 0 Å². The number of benzene rings is 2. The topological polar surface area (TPSA) is 32.3 Å². The maximum atomic E-state index is 14.2. The third-order valence-electron chi connectivity index (χ3n) is 5.37. The summed E-state index contributed by atoms with van der Waals surface area (Å²) in [5.41, 5.74) is 1.37. The number of amides is 1. The number of carbonyl (C=O) groups is 1. The molecule has 3 nitrogen and oxygen atoms in total. The lowest BCUT2D eigenvalue weighted by molar-refractivity contribution is -0.118. The van der Waals surface area contributed by atoms with Crippen molar-refractivity contribution in [3.8, 4) is 0 Å². The Hall–Kier alpha value is -2.33. The highest BCUT2D eigenvalue weighted by molar-refractivity contribution is 6.32. The predicted molar refractivity (Wildman–Crippen MR) is 98.1 cm³/mol. The van der Waals surface area contributed by atoms with E-state index in [1.165, 1.54) is 6.07 Å². The summed E-state index contributed by atoms with van der Waals surface area (Å²) >= 11 is 6.15. The summed E-state index contributed by atoms with van der Waals surface area (Å²) in [6, 6.07) is 12.7. The summed E-state index contributed by atoms with van der Waals surface area (Å²) < 4.78 is 14.2. The van der Waals surface area contributed by atoms with Crippen LogP contribution in [0.5, 0.6) is 0 Å². The lowest BCUT2D eigenvalue weighted by Gasteiger charge is -2.40. The molecule has 0 saturated carbocycles. The SMILES string of the molecule is CC1(C)c2ccccc2N2CC(=O)NC21/C=C/c1c(F)cccc1Cl. The summed E-state index contributed by atoms with van der Waals surface area (Å²) in [7, 11) is 0. The Balaban J connectivity index is 1.87. The minimum absolute atomic E-state index is 0.0492. The van der Waals surface area contributed by atoms with E-state index >= 15 is 0 Å². The van der Waals surface area contributed by atoms with E-state index in [9.17, 15) is 9.18 Å². The van der Waals surface area contributed by atoms with Gasteiger partial charge in [0.1, 0.15) is 11.5 Å². The van der Waals surface area contributed by atoms with Crippen LogP contribution in [0.25, 0.3) is 6.08 Å². The monoisotopic (exact) mass is 356 g/mol. The summed E-state index contributed by atoms with van der Waals surface area (Å²) in [6.07, 6.45) is 3.53. The molecule has 1 N–H and O–H groups in total. The zero-order valence-corrected chi connectivity index (χ0v) is 14.8. The first-order chi connectivity index (χ1) is 11.9. The van der Waals surface area contributed by atoms with Crippen LogP contribution in [0.3, 0.4) is 0 Å². The number of carbonyl (C=O) groups excluding carboxylic acids is 1. The molecule has 2 heterocycles. The number of rotatable bonds is 2. The quantitative estimate of drug-likeness (QED) is 0.878. The van der Waals surface area contributed by atoms with Crippen molar-refractivity contribution in [1.82, 2.24) is 5.32 Å². The highest BCUT2D eigenvalue weighted by Crippen LogP contribution is 2.52. The highest BCUT2D eigenvalue weighted by atomic mass is 35.5. The van der Waals surface area contributed by atoms with Gasteiger partial charge in [0.2, 0.25) is 5.91 Å². The van der Waals surface area contributed by atoms with E-state index in [4.69, 9.17) is 11.6 Å². The standard InChI is InChI=1S/C20H18ClFN2O/c1-19(2)14-6-3-4-9-17(14)24-12-18(25)23-20(19,24)11-10-13-15(21)7-5-8-16(13)22/h3-11H,12H2,1-2H3,(H,23,25)/b11-10+. The van der Waals surface area contributed by atoms with Crippen molar-refractivity contribution in [3.05, 3.63) is 70.5 Å². The van der Waals surface area contributed by atoms with Gasteiger partial charge in [-0.05, 0) is 29.8 Å². The number of para-hydroxylation sites is 1. The number of fused-ring (bicyclic) bond motifs is 3. The largest absolute Gasteiger partial charge is 0.335 e. The maximum Gasteiger partial charge on any atom is 0.241 e. The van der Waals surface area contributed by atoms with Gasteiger partial charge in [0.25, 0.3) is 0 Å². The van der Waals surface area contributed by atoms with Gasteiger partial charge >= 0.3 is 0 Å². The first-order valence-corrected chi connectivity index (χ1v) is 8.56. The first-order valence-electron chi connectivity index (χ1n) is 8.18.